The summed E-state index contributed by atoms with van der Waals surface area (Å²) in [5.74, 6) is 1.24. The van der Waals surface area contributed by atoms with Crippen molar-refractivity contribution in [2.45, 2.75) is 59.4 Å². The fourth-order valence-corrected chi connectivity index (χ4v) is 3.30. The number of benzene rings is 1. The summed E-state index contributed by atoms with van der Waals surface area (Å²) in [6.07, 6.45) is 1.91. The average Bonchev–Trinajstić information content (AvgIpc) is 3.14. The predicted molar refractivity (Wildman–Crippen MR) is 115 cm³/mol. The third kappa shape index (κ3) is 6.35. The van der Waals surface area contributed by atoms with Crippen molar-refractivity contribution in [3.63, 3.8) is 0 Å². The minimum Gasteiger partial charge on any atom is -0.359 e. The Kier molecular flexibility index (Phi) is 8.08. The van der Waals surface area contributed by atoms with E-state index >= 15 is 0 Å². The molecule has 0 saturated carbocycles. The lowest BCUT2D eigenvalue weighted by atomic mass is 9.93. The minimum absolute atomic E-state index is 0.0135. The van der Waals surface area contributed by atoms with Crippen molar-refractivity contribution in [3.8, 4) is 0 Å². The van der Waals surface area contributed by atoms with Crippen molar-refractivity contribution >= 4 is 23.3 Å². The van der Waals surface area contributed by atoms with E-state index in [1.165, 1.54) is 5.56 Å². The van der Waals surface area contributed by atoms with Crippen molar-refractivity contribution in [2.24, 2.45) is 5.92 Å². The van der Waals surface area contributed by atoms with Crippen LogP contribution in [0.4, 0.5) is 5.82 Å². The highest BCUT2D eigenvalue weighted by atomic mass is 35.5. The summed E-state index contributed by atoms with van der Waals surface area (Å²) in [7, 11) is 0. The highest BCUT2D eigenvalue weighted by Crippen LogP contribution is 2.25. The lowest BCUT2D eigenvalue weighted by Crippen LogP contribution is -2.40. The lowest BCUT2D eigenvalue weighted by Gasteiger charge is -2.31. The maximum absolute atomic E-state index is 12.6. The van der Waals surface area contributed by atoms with Gasteiger partial charge >= 0.3 is 0 Å². The van der Waals surface area contributed by atoms with Crippen LogP contribution in [0, 0.1) is 5.92 Å². The largest absolute Gasteiger partial charge is 0.359 e. The van der Waals surface area contributed by atoms with Gasteiger partial charge in [0.15, 0.2) is 5.82 Å². The summed E-state index contributed by atoms with van der Waals surface area (Å²) < 4.78 is 5.34. The van der Waals surface area contributed by atoms with Crippen molar-refractivity contribution in [3.05, 3.63) is 46.7 Å². The molecule has 154 valence electrons. The van der Waals surface area contributed by atoms with Crippen LogP contribution in [0.15, 0.2) is 34.9 Å². The molecule has 1 aliphatic rings. The molecule has 1 fully saturated rings. The third-order valence-corrected chi connectivity index (χ3v) is 4.95. The van der Waals surface area contributed by atoms with Crippen LogP contribution in [-0.2, 0) is 16.8 Å². The van der Waals surface area contributed by atoms with Gasteiger partial charge in [-0.25, -0.2) is 0 Å². The van der Waals surface area contributed by atoms with E-state index < -0.39 is 0 Å². The van der Waals surface area contributed by atoms with E-state index in [9.17, 15) is 4.79 Å². The molecule has 0 bridgehead atoms. The summed E-state index contributed by atoms with van der Waals surface area (Å²) in [5.41, 5.74) is 1.08. The molecule has 1 N–H and O–H groups in total. The van der Waals surface area contributed by atoms with E-state index in [-0.39, 0.29) is 17.2 Å². The molecule has 1 atom stereocenters. The number of rotatable bonds is 4. The molecule has 0 radical (unpaired) electrons. The lowest BCUT2D eigenvalue weighted by molar-refractivity contribution is -0.121. The molecule has 3 rings (SSSR count). The summed E-state index contributed by atoms with van der Waals surface area (Å²) in [6.45, 7) is 12.7. The summed E-state index contributed by atoms with van der Waals surface area (Å²) >= 11 is 5.95. The maximum atomic E-state index is 12.6. The molecular formula is C22H32ClN3O2. The van der Waals surface area contributed by atoms with Crippen LogP contribution in [0.3, 0.4) is 0 Å². The Balaban J connectivity index is 0.00000136. The molecule has 1 aromatic heterocycles. The molecule has 1 aliphatic heterocycles. The van der Waals surface area contributed by atoms with Crippen molar-refractivity contribution in [2.75, 3.05) is 18.4 Å². The second-order valence-electron chi connectivity index (χ2n) is 8.02. The number of likely N-dealkylation sites (tertiary alicyclic amines) is 1. The first-order valence-electron chi connectivity index (χ1n) is 10.1. The van der Waals surface area contributed by atoms with E-state index in [2.05, 4.69) is 36.1 Å². The van der Waals surface area contributed by atoms with Gasteiger partial charge in [-0.05, 0) is 37.1 Å². The predicted octanol–water partition coefficient (Wildman–Crippen LogP) is 5.50. The van der Waals surface area contributed by atoms with E-state index in [4.69, 9.17) is 16.1 Å². The number of halogens is 1. The molecule has 5 nitrogen and oxygen atoms in total. The van der Waals surface area contributed by atoms with Crippen LogP contribution in [0.1, 0.15) is 58.8 Å². The van der Waals surface area contributed by atoms with Gasteiger partial charge in [0.1, 0.15) is 5.76 Å². The number of carbonyl (C=O) groups excluding carboxylic acids is 1. The number of carbonyl (C=O) groups is 1. The van der Waals surface area contributed by atoms with Gasteiger partial charge in [0.25, 0.3) is 0 Å². The zero-order valence-corrected chi connectivity index (χ0v) is 18.3. The fourth-order valence-electron chi connectivity index (χ4n) is 3.18. The standard InChI is InChI=1S/C20H26ClN3O2.C2H6/c1-20(2,3)17-11-18(23-26-17)22-19(25)15-5-4-10-24(13-15)12-14-6-8-16(21)9-7-14;1-2/h6-9,11,15H,4-5,10,12-13H2,1-3H3,(H,22,23,25);1-2H3. The second kappa shape index (κ2) is 10.1. The zero-order chi connectivity index (χ0) is 20.7. The van der Waals surface area contributed by atoms with Gasteiger partial charge in [-0.3, -0.25) is 9.69 Å². The van der Waals surface area contributed by atoms with Crippen molar-refractivity contribution < 1.29 is 9.32 Å². The Morgan fingerprint density at radius 3 is 2.57 bits per heavy atom. The van der Waals surface area contributed by atoms with Gasteiger partial charge < -0.3 is 9.84 Å². The number of nitrogens with one attached hydrogen (secondary N) is 1. The van der Waals surface area contributed by atoms with Gasteiger partial charge in [-0.15, -0.1) is 0 Å². The topological polar surface area (TPSA) is 58.4 Å². The highest BCUT2D eigenvalue weighted by Gasteiger charge is 2.27. The summed E-state index contributed by atoms with van der Waals surface area (Å²) in [4.78, 5) is 15.0. The SMILES string of the molecule is CC.CC(C)(C)c1cc(NC(=O)C2CCCN(Cc3ccc(Cl)cc3)C2)no1. The monoisotopic (exact) mass is 405 g/mol. The van der Waals surface area contributed by atoms with E-state index in [1.807, 2.05) is 44.2 Å². The molecule has 1 saturated heterocycles. The Labute approximate surface area is 173 Å². The molecule has 2 aromatic rings. The quantitative estimate of drug-likeness (QED) is 0.729. The minimum atomic E-state index is -0.129. The number of amides is 1. The summed E-state index contributed by atoms with van der Waals surface area (Å²) in [5, 5.41) is 7.63. The van der Waals surface area contributed by atoms with Crippen LogP contribution in [0.5, 0.6) is 0 Å². The van der Waals surface area contributed by atoms with Crippen LogP contribution >= 0.6 is 11.6 Å². The first-order chi connectivity index (χ1) is 13.3. The van der Waals surface area contributed by atoms with E-state index in [1.54, 1.807) is 0 Å². The van der Waals surface area contributed by atoms with Gasteiger partial charge in [0.05, 0.1) is 5.92 Å². The van der Waals surface area contributed by atoms with Crippen molar-refractivity contribution in [1.82, 2.24) is 10.1 Å². The molecule has 0 aliphatic carbocycles. The normalized spacial score (nSPS) is 17.6. The highest BCUT2D eigenvalue weighted by molar-refractivity contribution is 6.30. The first-order valence-corrected chi connectivity index (χ1v) is 10.4. The molecule has 0 spiro atoms. The maximum Gasteiger partial charge on any atom is 0.230 e. The number of aromatic nitrogens is 1. The smallest absolute Gasteiger partial charge is 0.230 e. The second-order valence-corrected chi connectivity index (χ2v) is 8.45. The number of hydrogen-bond acceptors (Lipinski definition) is 4. The molecule has 28 heavy (non-hydrogen) atoms. The van der Waals surface area contributed by atoms with Gasteiger partial charge in [0, 0.05) is 29.6 Å². The van der Waals surface area contributed by atoms with Crippen LogP contribution in [-0.4, -0.2) is 29.1 Å². The number of nitrogens with zero attached hydrogens (tertiary/aromatic N) is 2. The van der Waals surface area contributed by atoms with Crippen LogP contribution in [0.25, 0.3) is 0 Å². The molecule has 1 amide bonds. The van der Waals surface area contributed by atoms with Gasteiger partial charge in [-0.1, -0.05) is 63.5 Å². The Bertz CT molecular complexity index is 750. The zero-order valence-electron chi connectivity index (χ0n) is 17.6. The fraction of sp³-hybridized carbons (Fsp3) is 0.545. The van der Waals surface area contributed by atoms with Crippen LogP contribution in [0.2, 0.25) is 5.02 Å². The van der Waals surface area contributed by atoms with E-state index in [0.29, 0.717) is 5.82 Å². The van der Waals surface area contributed by atoms with Crippen LogP contribution < -0.4 is 5.32 Å². The van der Waals surface area contributed by atoms with Gasteiger partial charge in [-0.2, -0.15) is 0 Å². The van der Waals surface area contributed by atoms with Crippen molar-refractivity contribution in [1.29, 1.82) is 0 Å². The molecule has 2 heterocycles. The molecule has 1 unspecified atom stereocenters. The average molecular weight is 406 g/mol. The van der Waals surface area contributed by atoms with E-state index in [0.717, 1.165) is 43.3 Å². The van der Waals surface area contributed by atoms with Gasteiger partial charge in [0.2, 0.25) is 5.91 Å². The molecular weight excluding hydrogens is 374 g/mol. The third-order valence-electron chi connectivity index (χ3n) is 4.70. The number of anilines is 1. The number of hydrogen-bond donors (Lipinski definition) is 1. The number of piperidine rings is 1. The Morgan fingerprint density at radius 1 is 1.29 bits per heavy atom. The molecule has 1 aromatic carbocycles. The molecule has 6 heteroatoms. The Morgan fingerprint density at radius 2 is 1.96 bits per heavy atom. The first kappa shape index (κ1) is 22.4. The summed E-state index contributed by atoms with van der Waals surface area (Å²) in [6, 6.07) is 9.70. The Hall–Kier alpha value is -1.85.